The summed E-state index contributed by atoms with van der Waals surface area (Å²) in [4.78, 5) is 12.6. The number of rotatable bonds is 5. The van der Waals surface area contributed by atoms with Crippen LogP contribution in [0, 0.1) is 26.7 Å². The number of amides is 1. The van der Waals surface area contributed by atoms with Gasteiger partial charge in [-0.15, -0.1) is 0 Å². The van der Waals surface area contributed by atoms with Crippen LogP contribution in [-0.4, -0.2) is 50.1 Å². The molecule has 1 fully saturated rings. The molecule has 1 aromatic rings. The summed E-state index contributed by atoms with van der Waals surface area (Å²) in [5, 5.41) is 3.11. The van der Waals surface area contributed by atoms with Crippen LogP contribution in [0.5, 0.6) is 0 Å². The van der Waals surface area contributed by atoms with Gasteiger partial charge in [-0.3, -0.25) is 4.79 Å². The highest BCUT2D eigenvalue weighted by Gasteiger charge is 2.32. The molecule has 1 amide bonds. The summed E-state index contributed by atoms with van der Waals surface area (Å²) >= 11 is 0. The second kappa shape index (κ2) is 8.06. The minimum absolute atomic E-state index is 0.0111. The summed E-state index contributed by atoms with van der Waals surface area (Å²) < 4.78 is 27.0. The monoisotopic (exact) mass is 381 g/mol. The van der Waals surface area contributed by atoms with Crippen LogP contribution in [-0.2, 0) is 15.0 Å². The first-order chi connectivity index (χ1) is 12.0. The highest BCUT2D eigenvalue weighted by molar-refractivity contribution is 7.86. The third-order valence-electron chi connectivity index (χ3n) is 5.32. The molecule has 1 aliphatic rings. The van der Waals surface area contributed by atoms with Crippen LogP contribution in [0.15, 0.2) is 12.1 Å². The first kappa shape index (κ1) is 20.9. The summed E-state index contributed by atoms with van der Waals surface area (Å²) in [6.45, 7) is 9.00. The molecular formula is C19H31N3O3S. The van der Waals surface area contributed by atoms with Crippen LogP contribution in [0.2, 0.25) is 0 Å². The molecule has 6 nitrogen and oxygen atoms in total. The highest BCUT2D eigenvalue weighted by Crippen LogP contribution is 2.24. The van der Waals surface area contributed by atoms with Crippen LogP contribution in [0.1, 0.15) is 48.1 Å². The largest absolute Gasteiger partial charge is 0.349 e. The van der Waals surface area contributed by atoms with Gasteiger partial charge in [0.05, 0.1) is 6.04 Å². The zero-order valence-corrected chi connectivity index (χ0v) is 17.5. The Morgan fingerprint density at radius 1 is 1.12 bits per heavy atom. The number of piperidine rings is 1. The fourth-order valence-corrected chi connectivity index (χ4v) is 4.57. The third kappa shape index (κ3) is 4.45. The summed E-state index contributed by atoms with van der Waals surface area (Å²) in [7, 11) is -0.336. The maximum absolute atomic E-state index is 12.6. The predicted molar refractivity (Wildman–Crippen MR) is 104 cm³/mol. The molecule has 0 bridgehead atoms. The minimum atomic E-state index is -3.39. The van der Waals surface area contributed by atoms with E-state index in [-0.39, 0.29) is 17.9 Å². The fourth-order valence-electron chi connectivity index (χ4n) is 3.44. The second-order valence-electron chi connectivity index (χ2n) is 7.49. The van der Waals surface area contributed by atoms with Crippen molar-refractivity contribution in [1.82, 2.24) is 13.9 Å². The number of carbonyl (C=O) groups is 1. The molecule has 1 saturated heterocycles. The molecule has 2 rings (SSSR count). The quantitative estimate of drug-likeness (QED) is 0.851. The molecule has 1 atom stereocenters. The number of carbonyl (C=O) groups excluding carboxylic acids is 1. The molecule has 1 unspecified atom stereocenters. The van der Waals surface area contributed by atoms with E-state index in [0.717, 1.165) is 5.56 Å². The summed E-state index contributed by atoms with van der Waals surface area (Å²) in [6.07, 6.45) is 1.11. The van der Waals surface area contributed by atoms with E-state index in [0.29, 0.717) is 25.9 Å². The number of hydrogen-bond donors (Lipinski definition) is 1. The van der Waals surface area contributed by atoms with E-state index in [4.69, 9.17) is 0 Å². The number of benzene rings is 1. The Bertz CT molecular complexity index is 766. The first-order valence-corrected chi connectivity index (χ1v) is 10.5. The molecular weight excluding hydrogens is 350 g/mol. The number of nitrogens with one attached hydrogen (secondary N) is 1. The summed E-state index contributed by atoms with van der Waals surface area (Å²) in [6, 6.07) is 4.23. The Kier molecular flexibility index (Phi) is 6.47. The van der Waals surface area contributed by atoms with E-state index >= 15 is 0 Å². The van der Waals surface area contributed by atoms with Crippen molar-refractivity contribution in [3.05, 3.63) is 34.4 Å². The van der Waals surface area contributed by atoms with E-state index in [1.54, 1.807) is 0 Å². The van der Waals surface area contributed by atoms with E-state index in [9.17, 15) is 13.2 Å². The van der Waals surface area contributed by atoms with E-state index in [2.05, 4.69) is 38.2 Å². The molecule has 1 heterocycles. The molecule has 26 heavy (non-hydrogen) atoms. The Morgan fingerprint density at radius 2 is 1.65 bits per heavy atom. The van der Waals surface area contributed by atoms with Gasteiger partial charge in [0, 0.05) is 33.1 Å². The van der Waals surface area contributed by atoms with Crippen LogP contribution in [0.25, 0.3) is 0 Å². The van der Waals surface area contributed by atoms with Gasteiger partial charge in [0.15, 0.2) is 0 Å². The summed E-state index contributed by atoms with van der Waals surface area (Å²) in [5.74, 6) is -0.130. The lowest BCUT2D eigenvalue weighted by atomic mass is 9.94. The first-order valence-electron chi connectivity index (χ1n) is 9.09. The Balaban J connectivity index is 1.98. The fraction of sp³-hybridized carbons (Fsp3) is 0.632. The second-order valence-corrected chi connectivity index (χ2v) is 9.63. The van der Waals surface area contributed by atoms with Gasteiger partial charge in [-0.25, -0.2) is 0 Å². The van der Waals surface area contributed by atoms with Crippen LogP contribution >= 0.6 is 0 Å². The van der Waals surface area contributed by atoms with E-state index < -0.39 is 10.2 Å². The average Bonchev–Trinajstić information content (AvgIpc) is 2.57. The number of hydrogen-bond acceptors (Lipinski definition) is 3. The smallest absolute Gasteiger partial charge is 0.281 e. The van der Waals surface area contributed by atoms with E-state index in [1.807, 2.05) is 6.92 Å². The topological polar surface area (TPSA) is 69.7 Å². The van der Waals surface area contributed by atoms with Crippen molar-refractivity contribution in [2.24, 2.45) is 5.92 Å². The van der Waals surface area contributed by atoms with Gasteiger partial charge in [-0.1, -0.05) is 12.1 Å². The molecule has 0 spiro atoms. The van der Waals surface area contributed by atoms with Crippen molar-refractivity contribution in [2.45, 2.75) is 46.6 Å². The zero-order chi connectivity index (χ0) is 19.6. The molecule has 1 N–H and O–H groups in total. The van der Waals surface area contributed by atoms with E-state index in [1.165, 1.54) is 39.4 Å². The van der Waals surface area contributed by atoms with Gasteiger partial charge in [0.1, 0.15) is 0 Å². The zero-order valence-electron chi connectivity index (χ0n) is 16.7. The lowest BCUT2D eigenvalue weighted by Crippen LogP contribution is -2.47. The van der Waals surface area contributed by atoms with Gasteiger partial charge in [-0.2, -0.15) is 17.0 Å². The molecule has 1 aliphatic heterocycles. The maximum atomic E-state index is 12.6. The van der Waals surface area contributed by atoms with Crippen molar-refractivity contribution in [2.75, 3.05) is 27.2 Å². The lowest BCUT2D eigenvalue weighted by Gasteiger charge is -2.32. The van der Waals surface area contributed by atoms with Crippen molar-refractivity contribution in [3.63, 3.8) is 0 Å². The van der Waals surface area contributed by atoms with Gasteiger partial charge < -0.3 is 5.32 Å². The molecule has 0 saturated carbocycles. The van der Waals surface area contributed by atoms with Crippen LogP contribution < -0.4 is 5.32 Å². The SMILES string of the molecule is Cc1cc(C)c(C(C)NC(=O)C2CCN(S(=O)(=O)N(C)C)CC2)cc1C. The van der Waals surface area contributed by atoms with Crippen molar-refractivity contribution in [3.8, 4) is 0 Å². The number of nitrogens with zero attached hydrogens (tertiary/aromatic N) is 2. The Labute approximate surface area is 157 Å². The highest BCUT2D eigenvalue weighted by atomic mass is 32.2. The molecule has 146 valence electrons. The van der Waals surface area contributed by atoms with Crippen molar-refractivity contribution >= 4 is 16.1 Å². The molecule has 0 aliphatic carbocycles. The van der Waals surface area contributed by atoms with Gasteiger partial charge in [0.2, 0.25) is 5.91 Å². The Morgan fingerprint density at radius 3 is 2.19 bits per heavy atom. The summed E-state index contributed by atoms with van der Waals surface area (Å²) in [5.41, 5.74) is 4.77. The van der Waals surface area contributed by atoms with Crippen molar-refractivity contribution in [1.29, 1.82) is 0 Å². The maximum Gasteiger partial charge on any atom is 0.281 e. The predicted octanol–water partition coefficient (Wildman–Crippen LogP) is 2.31. The van der Waals surface area contributed by atoms with Crippen molar-refractivity contribution < 1.29 is 13.2 Å². The minimum Gasteiger partial charge on any atom is -0.349 e. The van der Waals surface area contributed by atoms with Gasteiger partial charge in [0.25, 0.3) is 10.2 Å². The molecule has 7 heteroatoms. The van der Waals surface area contributed by atoms with Crippen LogP contribution in [0.3, 0.4) is 0 Å². The Hall–Kier alpha value is -1.44. The third-order valence-corrected chi connectivity index (χ3v) is 7.26. The number of aryl methyl sites for hydroxylation is 3. The molecule has 0 radical (unpaired) electrons. The van der Waals surface area contributed by atoms with Crippen LogP contribution in [0.4, 0.5) is 0 Å². The standard InChI is InChI=1S/C19H31N3O3S/c1-13-11-15(3)18(12-14(13)2)16(4)20-19(23)17-7-9-22(10-8-17)26(24,25)21(5)6/h11-12,16-17H,7-10H2,1-6H3,(H,20,23). The van der Waals surface area contributed by atoms with Gasteiger partial charge in [-0.05, 0) is 62.8 Å². The lowest BCUT2D eigenvalue weighted by molar-refractivity contribution is -0.126. The average molecular weight is 382 g/mol. The molecule has 1 aromatic carbocycles. The van der Waals surface area contributed by atoms with Gasteiger partial charge >= 0.3 is 0 Å². The molecule has 0 aromatic heterocycles. The normalized spacial score (nSPS) is 18.1.